The Morgan fingerprint density at radius 3 is 2.04 bits per heavy atom. The fraction of sp³-hybridized carbons (Fsp3) is 0.371. The monoisotopic (exact) mass is 706 g/mol. The van der Waals surface area contributed by atoms with Crippen LogP contribution in [0.15, 0.2) is 54.9 Å². The molecule has 4 aromatic rings. The summed E-state index contributed by atoms with van der Waals surface area (Å²) in [7, 11) is 2.96. The van der Waals surface area contributed by atoms with Gasteiger partial charge in [0.05, 0.1) is 44.3 Å². The molecular formula is C35H36F6N4O5. The fourth-order valence-electron chi connectivity index (χ4n) is 5.14. The van der Waals surface area contributed by atoms with Gasteiger partial charge in [0.2, 0.25) is 5.95 Å². The maximum Gasteiger partial charge on any atom is 0.416 e. The summed E-state index contributed by atoms with van der Waals surface area (Å²) in [5.41, 5.74) is -0.0820. The van der Waals surface area contributed by atoms with Crippen LogP contribution in [0.25, 0.3) is 11.3 Å². The SMILES string of the molecule is COc1cc(CN(Cc2cc(C(F)(F)F)cc(C(F)(F)F)c2)c2ncc(OCCCC(=O)O)cn2)c(-c2nc(C(C)C)ccc2OC)cc1C. The molecule has 0 saturated heterocycles. The maximum absolute atomic E-state index is 13.8. The number of pyridine rings is 1. The summed E-state index contributed by atoms with van der Waals surface area (Å²) in [6.45, 7) is 5.25. The van der Waals surface area contributed by atoms with E-state index in [9.17, 15) is 31.1 Å². The zero-order valence-corrected chi connectivity index (χ0v) is 27.9. The summed E-state index contributed by atoms with van der Waals surface area (Å²) in [4.78, 5) is 25.7. The number of carbonyl (C=O) groups is 1. The van der Waals surface area contributed by atoms with E-state index in [1.54, 1.807) is 12.1 Å². The minimum atomic E-state index is -5.04. The van der Waals surface area contributed by atoms with Gasteiger partial charge in [-0.3, -0.25) is 4.79 Å². The predicted octanol–water partition coefficient (Wildman–Crippen LogP) is 8.48. The van der Waals surface area contributed by atoms with E-state index < -0.39 is 36.0 Å². The third kappa shape index (κ3) is 9.54. The molecule has 0 amide bonds. The highest BCUT2D eigenvalue weighted by molar-refractivity contribution is 5.72. The van der Waals surface area contributed by atoms with Crippen LogP contribution in [-0.4, -0.2) is 46.9 Å². The second kappa shape index (κ2) is 15.6. The zero-order chi connectivity index (χ0) is 36.8. The first-order chi connectivity index (χ1) is 23.5. The number of carboxylic acid groups (broad SMARTS) is 1. The van der Waals surface area contributed by atoms with Crippen molar-refractivity contribution in [2.24, 2.45) is 0 Å². The summed E-state index contributed by atoms with van der Waals surface area (Å²) < 4.78 is 99.5. The normalized spacial score (nSPS) is 11.8. The van der Waals surface area contributed by atoms with Crippen molar-refractivity contribution >= 4 is 11.9 Å². The van der Waals surface area contributed by atoms with E-state index in [1.165, 1.54) is 31.5 Å². The van der Waals surface area contributed by atoms with Gasteiger partial charge in [0, 0.05) is 30.8 Å². The summed E-state index contributed by atoms with van der Waals surface area (Å²) in [6, 6.07) is 8.55. The molecule has 268 valence electrons. The van der Waals surface area contributed by atoms with Crippen molar-refractivity contribution in [3.05, 3.63) is 88.4 Å². The number of ether oxygens (including phenoxy) is 3. The highest BCUT2D eigenvalue weighted by Gasteiger charge is 2.37. The Morgan fingerprint density at radius 2 is 1.50 bits per heavy atom. The van der Waals surface area contributed by atoms with E-state index in [-0.39, 0.29) is 55.2 Å². The van der Waals surface area contributed by atoms with Crippen LogP contribution in [0.2, 0.25) is 0 Å². The van der Waals surface area contributed by atoms with Gasteiger partial charge < -0.3 is 24.2 Å². The molecule has 15 heteroatoms. The molecule has 0 aliphatic heterocycles. The molecule has 0 spiro atoms. The molecule has 2 aromatic carbocycles. The number of aryl methyl sites for hydroxylation is 1. The Morgan fingerprint density at radius 1 is 0.880 bits per heavy atom. The van der Waals surface area contributed by atoms with Gasteiger partial charge in [-0.2, -0.15) is 26.3 Å². The average molecular weight is 707 g/mol. The number of alkyl halides is 6. The van der Waals surface area contributed by atoms with Crippen molar-refractivity contribution in [1.82, 2.24) is 15.0 Å². The van der Waals surface area contributed by atoms with Crippen molar-refractivity contribution < 1.29 is 50.5 Å². The number of benzene rings is 2. The number of aliphatic carboxylic acids is 1. The predicted molar refractivity (Wildman–Crippen MR) is 172 cm³/mol. The lowest BCUT2D eigenvalue weighted by atomic mass is 9.97. The molecule has 9 nitrogen and oxygen atoms in total. The van der Waals surface area contributed by atoms with E-state index >= 15 is 0 Å². The van der Waals surface area contributed by atoms with E-state index in [0.717, 1.165) is 11.3 Å². The van der Waals surface area contributed by atoms with Crippen molar-refractivity contribution in [3.8, 4) is 28.5 Å². The fourth-order valence-corrected chi connectivity index (χ4v) is 5.14. The van der Waals surface area contributed by atoms with Gasteiger partial charge in [0.15, 0.2) is 5.75 Å². The van der Waals surface area contributed by atoms with E-state index in [1.807, 2.05) is 32.9 Å². The van der Waals surface area contributed by atoms with Crippen LogP contribution in [0.1, 0.15) is 66.1 Å². The molecule has 50 heavy (non-hydrogen) atoms. The number of aromatic nitrogens is 3. The summed E-state index contributed by atoms with van der Waals surface area (Å²) in [6.07, 6.45) is -7.41. The Labute approximate surface area is 284 Å². The molecule has 0 radical (unpaired) electrons. The van der Waals surface area contributed by atoms with Crippen molar-refractivity contribution in [1.29, 1.82) is 0 Å². The molecule has 4 rings (SSSR count). The van der Waals surface area contributed by atoms with Crippen molar-refractivity contribution in [2.45, 2.75) is 65.0 Å². The maximum atomic E-state index is 13.8. The lowest BCUT2D eigenvalue weighted by molar-refractivity contribution is -0.143. The number of methoxy groups -OCH3 is 2. The topological polar surface area (TPSA) is 107 Å². The summed E-state index contributed by atoms with van der Waals surface area (Å²) >= 11 is 0. The zero-order valence-electron chi connectivity index (χ0n) is 27.9. The van der Waals surface area contributed by atoms with Crippen LogP contribution in [0.4, 0.5) is 32.3 Å². The van der Waals surface area contributed by atoms with Crippen molar-refractivity contribution in [2.75, 3.05) is 25.7 Å². The highest BCUT2D eigenvalue weighted by Crippen LogP contribution is 2.39. The van der Waals surface area contributed by atoms with E-state index in [4.69, 9.17) is 24.3 Å². The molecule has 0 saturated carbocycles. The van der Waals surface area contributed by atoms with Gasteiger partial charge >= 0.3 is 18.3 Å². The third-order valence-corrected chi connectivity index (χ3v) is 7.65. The smallest absolute Gasteiger partial charge is 0.416 e. The lowest BCUT2D eigenvalue weighted by Crippen LogP contribution is -2.25. The Kier molecular flexibility index (Phi) is 11.8. The molecule has 0 aliphatic rings. The first-order valence-electron chi connectivity index (χ1n) is 15.4. The largest absolute Gasteiger partial charge is 0.496 e. The number of carboxylic acids is 1. The van der Waals surface area contributed by atoms with Gasteiger partial charge in [-0.15, -0.1) is 0 Å². The molecule has 0 bridgehead atoms. The van der Waals surface area contributed by atoms with E-state index in [2.05, 4.69) is 9.97 Å². The minimum absolute atomic E-state index is 0.0322. The minimum Gasteiger partial charge on any atom is -0.496 e. The van der Waals surface area contributed by atoms with Gasteiger partial charge in [-0.25, -0.2) is 15.0 Å². The number of rotatable bonds is 14. The van der Waals surface area contributed by atoms with Gasteiger partial charge in [0.25, 0.3) is 0 Å². The third-order valence-electron chi connectivity index (χ3n) is 7.65. The van der Waals surface area contributed by atoms with Gasteiger partial charge in [-0.05, 0) is 78.4 Å². The lowest BCUT2D eigenvalue weighted by Gasteiger charge is -2.26. The van der Waals surface area contributed by atoms with Gasteiger partial charge in [0.1, 0.15) is 17.2 Å². The average Bonchev–Trinajstić information content (AvgIpc) is 3.05. The second-order valence-electron chi connectivity index (χ2n) is 11.8. The van der Waals surface area contributed by atoms with Crippen LogP contribution >= 0.6 is 0 Å². The highest BCUT2D eigenvalue weighted by atomic mass is 19.4. The van der Waals surface area contributed by atoms with Crippen LogP contribution < -0.4 is 19.1 Å². The Hall–Kier alpha value is -5.08. The molecule has 2 aromatic heterocycles. The molecule has 0 atom stereocenters. The van der Waals surface area contributed by atoms with Crippen LogP contribution in [0, 0.1) is 6.92 Å². The Balaban J connectivity index is 1.85. The molecule has 0 unspecified atom stereocenters. The summed E-state index contributed by atoms with van der Waals surface area (Å²) in [5.74, 6) is 0.146. The van der Waals surface area contributed by atoms with Crippen LogP contribution in [0.5, 0.6) is 17.2 Å². The molecule has 1 N–H and O–H groups in total. The van der Waals surface area contributed by atoms with Crippen molar-refractivity contribution in [3.63, 3.8) is 0 Å². The second-order valence-corrected chi connectivity index (χ2v) is 11.8. The molecule has 0 fully saturated rings. The molecule has 2 heterocycles. The number of anilines is 1. The molecule has 0 aliphatic carbocycles. The number of hydrogen-bond donors (Lipinski definition) is 1. The Bertz CT molecular complexity index is 1760. The van der Waals surface area contributed by atoms with Crippen LogP contribution in [-0.2, 0) is 30.2 Å². The first kappa shape index (κ1) is 37.7. The quantitative estimate of drug-likeness (QED) is 0.102. The summed E-state index contributed by atoms with van der Waals surface area (Å²) in [5, 5.41) is 8.85. The number of hydrogen-bond acceptors (Lipinski definition) is 8. The molecular weight excluding hydrogens is 670 g/mol. The first-order valence-corrected chi connectivity index (χ1v) is 15.4. The van der Waals surface area contributed by atoms with Gasteiger partial charge in [-0.1, -0.05) is 13.8 Å². The number of nitrogens with zero attached hydrogens (tertiary/aromatic N) is 4. The van der Waals surface area contributed by atoms with Crippen LogP contribution in [0.3, 0.4) is 0 Å². The standard InChI is InChI=1S/C35H36F6N4O5/c1-20(2)28-8-9-29(48-4)32(44-28)27-11-21(3)30(49-5)14-23(27)19-45(33-42-16-26(17-43-33)50-10-6-7-31(46)47)18-22-12-24(34(36,37)38)15-25(13-22)35(39,40)41/h8-9,11-17,20H,6-7,10,18-19H2,1-5H3,(H,46,47). The van der Waals surface area contributed by atoms with E-state index in [0.29, 0.717) is 40.5 Å². The number of halogens is 6.